The van der Waals surface area contributed by atoms with E-state index in [-0.39, 0.29) is 12.6 Å². The van der Waals surface area contributed by atoms with Crippen molar-refractivity contribution in [1.82, 2.24) is 5.32 Å². The highest BCUT2D eigenvalue weighted by molar-refractivity contribution is 5.51. The number of benzene rings is 1. The molecule has 1 aromatic rings. The third-order valence-electron chi connectivity index (χ3n) is 3.98. The van der Waals surface area contributed by atoms with E-state index < -0.39 is 0 Å². The van der Waals surface area contributed by atoms with Crippen molar-refractivity contribution in [2.45, 2.75) is 39.3 Å². The van der Waals surface area contributed by atoms with E-state index in [0.29, 0.717) is 6.04 Å². The number of rotatable bonds is 2. The summed E-state index contributed by atoms with van der Waals surface area (Å²) in [5.41, 5.74) is 3.86. The summed E-state index contributed by atoms with van der Waals surface area (Å²) < 4.78 is 0. The zero-order valence-corrected chi connectivity index (χ0v) is 11.6. The molecule has 2 N–H and O–H groups in total. The van der Waals surface area contributed by atoms with Crippen LogP contribution >= 0.6 is 0 Å². The fraction of sp³-hybridized carbons (Fsp3) is 0.600. The molecule has 3 heteroatoms. The molecule has 1 aliphatic heterocycles. The standard InChI is InChI=1S/C15H24N2O/c1-11-4-5-14(8-12(11)2)17-7-6-13(3)16-9-15(17)10-18/h4-5,8,13,15-16,18H,6-7,9-10H2,1-3H3. The normalized spacial score (nSPS) is 25.0. The Balaban J connectivity index is 2.24. The summed E-state index contributed by atoms with van der Waals surface area (Å²) in [6, 6.07) is 7.27. The van der Waals surface area contributed by atoms with Crippen LogP contribution in [0.1, 0.15) is 24.5 Å². The van der Waals surface area contributed by atoms with E-state index in [0.717, 1.165) is 19.5 Å². The first kappa shape index (κ1) is 13.4. The van der Waals surface area contributed by atoms with E-state index in [9.17, 15) is 5.11 Å². The molecule has 0 bridgehead atoms. The highest BCUT2D eigenvalue weighted by Gasteiger charge is 2.22. The molecule has 1 saturated heterocycles. The molecule has 1 aromatic carbocycles. The number of anilines is 1. The van der Waals surface area contributed by atoms with Gasteiger partial charge in [0.1, 0.15) is 0 Å². The van der Waals surface area contributed by atoms with E-state index in [1.165, 1.54) is 16.8 Å². The van der Waals surface area contributed by atoms with Gasteiger partial charge in [-0.1, -0.05) is 6.07 Å². The van der Waals surface area contributed by atoms with Crippen LogP contribution in [0.5, 0.6) is 0 Å². The van der Waals surface area contributed by atoms with Crippen LogP contribution in [0, 0.1) is 13.8 Å². The molecule has 1 heterocycles. The minimum Gasteiger partial charge on any atom is -0.394 e. The maximum Gasteiger partial charge on any atom is 0.0647 e. The van der Waals surface area contributed by atoms with E-state index in [1.807, 2.05) is 0 Å². The van der Waals surface area contributed by atoms with Gasteiger partial charge in [-0.15, -0.1) is 0 Å². The average molecular weight is 248 g/mol. The van der Waals surface area contributed by atoms with Crippen molar-refractivity contribution >= 4 is 5.69 Å². The van der Waals surface area contributed by atoms with Crippen LogP contribution in [0.4, 0.5) is 5.69 Å². The quantitative estimate of drug-likeness (QED) is 0.838. The molecule has 0 aliphatic carbocycles. The largest absolute Gasteiger partial charge is 0.394 e. The monoisotopic (exact) mass is 248 g/mol. The molecule has 1 fully saturated rings. The Bertz CT molecular complexity index is 405. The molecule has 3 nitrogen and oxygen atoms in total. The summed E-state index contributed by atoms with van der Waals surface area (Å²) in [6.45, 7) is 8.54. The highest BCUT2D eigenvalue weighted by atomic mass is 16.3. The van der Waals surface area contributed by atoms with E-state index >= 15 is 0 Å². The number of nitrogens with zero attached hydrogens (tertiary/aromatic N) is 1. The van der Waals surface area contributed by atoms with Crippen molar-refractivity contribution < 1.29 is 5.11 Å². The van der Waals surface area contributed by atoms with Crippen molar-refractivity contribution in [2.75, 3.05) is 24.6 Å². The Morgan fingerprint density at radius 3 is 2.78 bits per heavy atom. The summed E-state index contributed by atoms with van der Waals surface area (Å²) in [5.74, 6) is 0. The molecule has 1 aliphatic rings. The predicted octanol–water partition coefficient (Wildman–Crippen LogP) is 1.85. The van der Waals surface area contributed by atoms with Gasteiger partial charge < -0.3 is 15.3 Å². The summed E-state index contributed by atoms with van der Waals surface area (Å²) in [4.78, 5) is 2.34. The lowest BCUT2D eigenvalue weighted by molar-refractivity contribution is 0.259. The van der Waals surface area contributed by atoms with Gasteiger partial charge >= 0.3 is 0 Å². The zero-order chi connectivity index (χ0) is 13.1. The molecule has 100 valence electrons. The fourth-order valence-corrected chi connectivity index (χ4v) is 2.47. The van der Waals surface area contributed by atoms with Crippen LogP contribution in [-0.4, -0.2) is 36.9 Å². The molecule has 0 aromatic heterocycles. The first-order valence-corrected chi connectivity index (χ1v) is 6.80. The summed E-state index contributed by atoms with van der Waals surface area (Å²) >= 11 is 0. The maximum atomic E-state index is 9.58. The Kier molecular flexibility index (Phi) is 4.25. The SMILES string of the molecule is Cc1ccc(N2CCC(C)NCC2CO)cc1C. The topological polar surface area (TPSA) is 35.5 Å². The molecule has 2 rings (SSSR count). The fourth-order valence-electron chi connectivity index (χ4n) is 2.47. The lowest BCUT2D eigenvalue weighted by atomic mass is 10.1. The first-order valence-electron chi connectivity index (χ1n) is 6.80. The molecule has 2 unspecified atom stereocenters. The van der Waals surface area contributed by atoms with Gasteiger partial charge in [0, 0.05) is 24.8 Å². The zero-order valence-electron chi connectivity index (χ0n) is 11.6. The Labute approximate surface area is 110 Å². The van der Waals surface area contributed by atoms with Gasteiger partial charge in [0.05, 0.1) is 12.6 Å². The smallest absolute Gasteiger partial charge is 0.0647 e. The molecule has 0 radical (unpaired) electrons. The van der Waals surface area contributed by atoms with E-state index in [4.69, 9.17) is 0 Å². The maximum absolute atomic E-state index is 9.58. The minimum absolute atomic E-state index is 0.178. The second kappa shape index (κ2) is 5.72. The van der Waals surface area contributed by atoms with E-state index in [2.05, 4.69) is 49.2 Å². The van der Waals surface area contributed by atoms with Crippen molar-refractivity contribution in [3.63, 3.8) is 0 Å². The first-order chi connectivity index (χ1) is 8.61. The average Bonchev–Trinajstić information content (AvgIpc) is 2.54. The molecule has 2 atom stereocenters. The lowest BCUT2D eigenvalue weighted by Gasteiger charge is -2.31. The van der Waals surface area contributed by atoms with Crippen LogP contribution in [0.25, 0.3) is 0 Å². The van der Waals surface area contributed by atoms with Crippen LogP contribution < -0.4 is 10.2 Å². The third kappa shape index (κ3) is 2.85. The molecular weight excluding hydrogens is 224 g/mol. The van der Waals surface area contributed by atoms with Crippen molar-refractivity contribution in [1.29, 1.82) is 0 Å². The van der Waals surface area contributed by atoms with E-state index in [1.54, 1.807) is 0 Å². The predicted molar refractivity (Wildman–Crippen MR) is 76.2 cm³/mol. The number of hydrogen-bond donors (Lipinski definition) is 2. The molecule has 0 amide bonds. The highest BCUT2D eigenvalue weighted by Crippen LogP contribution is 2.22. The van der Waals surface area contributed by atoms with Crippen LogP contribution in [-0.2, 0) is 0 Å². The third-order valence-corrected chi connectivity index (χ3v) is 3.98. The number of nitrogens with one attached hydrogen (secondary N) is 1. The Morgan fingerprint density at radius 2 is 2.11 bits per heavy atom. The second-order valence-electron chi connectivity index (χ2n) is 5.40. The second-order valence-corrected chi connectivity index (χ2v) is 5.40. The molecule has 0 spiro atoms. The molecular formula is C15H24N2O. The van der Waals surface area contributed by atoms with Gasteiger partial charge in [0.25, 0.3) is 0 Å². The van der Waals surface area contributed by atoms with Crippen molar-refractivity contribution in [3.8, 4) is 0 Å². The van der Waals surface area contributed by atoms with Crippen molar-refractivity contribution in [2.24, 2.45) is 0 Å². The summed E-state index contributed by atoms with van der Waals surface area (Å²) in [7, 11) is 0. The van der Waals surface area contributed by atoms with Gasteiger partial charge in [0.15, 0.2) is 0 Å². The van der Waals surface area contributed by atoms with Crippen molar-refractivity contribution in [3.05, 3.63) is 29.3 Å². The summed E-state index contributed by atoms with van der Waals surface area (Å²) in [6.07, 6.45) is 1.11. The summed E-state index contributed by atoms with van der Waals surface area (Å²) in [5, 5.41) is 13.0. The molecule has 0 saturated carbocycles. The van der Waals surface area contributed by atoms with Gasteiger partial charge in [0.2, 0.25) is 0 Å². The van der Waals surface area contributed by atoms with Gasteiger partial charge in [-0.25, -0.2) is 0 Å². The number of hydrogen-bond acceptors (Lipinski definition) is 3. The molecule has 18 heavy (non-hydrogen) atoms. The number of aliphatic hydroxyl groups is 1. The van der Waals surface area contributed by atoms with Crippen LogP contribution in [0.3, 0.4) is 0 Å². The Morgan fingerprint density at radius 1 is 1.33 bits per heavy atom. The van der Waals surface area contributed by atoms with Crippen LogP contribution in [0.15, 0.2) is 18.2 Å². The van der Waals surface area contributed by atoms with Gasteiger partial charge in [-0.2, -0.15) is 0 Å². The Hall–Kier alpha value is -1.06. The minimum atomic E-state index is 0.178. The number of aliphatic hydroxyl groups excluding tert-OH is 1. The number of aryl methyl sites for hydroxylation is 2. The van der Waals surface area contributed by atoms with Gasteiger partial charge in [-0.3, -0.25) is 0 Å². The van der Waals surface area contributed by atoms with Gasteiger partial charge in [-0.05, 0) is 50.5 Å². The lowest BCUT2D eigenvalue weighted by Crippen LogP contribution is -2.43. The van der Waals surface area contributed by atoms with Crippen LogP contribution in [0.2, 0.25) is 0 Å².